The summed E-state index contributed by atoms with van der Waals surface area (Å²) in [5, 5.41) is 0. The van der Waals surface area contributed by atoms with Crippen LogP contribution in [0.25, 0.3) is 0 Å². The lowest BCUT2D eigenvalue weighted by atomic mass is 9.98. The second kappa shape index (κ2) is 14.9. The van der Waals surface area contributed by atoms with Gasteiger partial charge in [-0.1, -0.05) is 18.2 Å². The molecule has 0 radical (unpaired) electrons. The van der Waals surface area contributed by atoms with Gasteiger partial charge in [-0.3, -0.25) is 24.0 Å². The van der Waals surface area contributed by atoms with Crippen molar-refractivity contribution in [2.45, 2.75) is 71.2 Å². The molecule has 1 aliphatic heterocycles. The highest BCUT2D eigenvalue weighted by molar-refractivity contribution is 5.92. The Bertz CT molecular complexity index is 1260. The van der Waals surface area contributed by atoms with Crippen LogP contribution in [0, 0.1) is 0 Å². The third-order valence-electron chi connectivity index (χ3n) is 6.01. The predicted octanol–water partition coefficient (Wildman–Crippen LogP) is 2.39. The number of rotatable bonds is 11. The maximum absolute atomic E-state index is 12.6. The van der Waals surface area contributed by atoms with Gasteiger partial charge in [0.15, 0.2) is 18.5 Å². The van der Waals surface area contributed by atoms with Gasteiger partial charge in [0.2, 0.25) is 12.4 Å². The van der Waals surface area contributed by atoms with E-state index in [0.717, 1.165) is 46.1 Å². The van der Waals surface area contributed by atoms with Crippen molar-refractivity contribution < 1.29 is 61.9 Å². The van der Waals surface area contributed by atoms with Gasteiger partial charge in [0.1, 0.15) is 25.1 Å². The first-order valence-corrected chi connectivity index (χ1v) is 13.1. The fraction of sp³-hybridized carbons (Fsp3) is 0.448. The van der Waals surface area contributed by atoms with E-state index in [1.54, 1.807) is 0 Å². The Morgan fingerprint density at radius 1 is 0.857 bits per heavy atom. The van der Waals surface area contributed by atoms with Gasteiger partial charge in [-0.15, -0.1) is 0 Å². The molecule has 0 bridgehead atoms. The van der Waals surface area contributed by atoms with Gasteiger partial charge >= 0.3 is 29.8 Å². The van der Waals surface area contributed by atoms with Crippen molar-refractivity contribution in [1.82, 2.24) is 0 Å². The van der Waals surface area contributed by atoms with Crippen molar-refractivity contribution in [2.75, 3.05) is 13.2 Å². The van der Waals surface area contributed by atoms with Gasteiger partial charge in [-0.2, -0.15) is 0 Å². The van der Waals surface area contributed by atoms with Crippen LogP contribution in [-0.2, 0) is 47.6 Å². The zero-order valence-electron chi connectivity index (χ0n) is 23.6. The molecule has 0 saturated carbocycles. The second-order valence-electron chi connectivity index (χ2n) is 9.39. The molecular weight excluding hydrogens is 556 g/mol. The van der Waals surface area contributed by atoms with Gasteiger partial charge < -0.3 is 33.2 Å². The molecule has 1 aromatic rings. The van der Waals surface area contributed by atoms with E-state index in [1.807, 2.05) is 18.2 Å². The first-order chi connectivity index (χ1) is 20.0. The average molecular weight is 589 g/mol. The molecule has 1 aliphatic carbocycles. The number of esters is 5. The van der Waals surface area contributed by atoms with Crippen LogP contribution in [0.5, 0.6) is 5.75 Å². The molecule has 226 valence electrons. The number of ether oxygens (including phenoxy) is 7. The lowest BCUT2D eigenvalue weighted by Gasteiger charge is -2.44. The maximum atomic E-state index is 12.6. The van der Waals surface area contributed by atoms with Crippen LogP contribution >= 0.6 is 0 Å². The average Bonchev–Trinajstić information content (AvgIpc) is 2.93. The first kappa shape index (κ1) is 32.0. The summed E-state index contributed by atoms with van der Waals surface area (Å²) < 4.78 is 38.2. The minimum Gasteiger partial charge on any atom is -0.463 e. The molecule has 0 aromatic heterocycles. The molecule has 5 atom stereocenters. The van der Waals surface area contributed by atoms with E-state index in [4.69, 9.17) is 33.2 Å². The van der Waals surface area contributed by atoms with Crippen molar-refractivity contribution in [2.24, 2.45) is 0 Å². The van der Waals surface area contributed by atoms with Gasteiger partial charge in [0.25, 0.3) is 0 Å². The molecule has 1 aromatic carbocycles. The Labute approximate surface area is 241 Å². The van der Waals surface area contributed by atoms with Crippen LogP contribution in [-0.4, -0.2) is 80.1 Å². The number of allylic oxidation sites excluding steroid dienone is 2. The lowest BCUT2D eigenvalue weighted by molar-refractivity contribution is -0.288. The Morgan fingerprint density at radius 3 is 2.12 bits per heavy atom. The fourth-order valence-corrected chi connectivity index (χ4v) is 4.29. The Kier molecular flexibility index (Phi) is 11.4. The third kappa shape index (κ3) is 8.99. The number of hydrogen-bond acceptors (Lipinski definition) is 13. The van der Waals surface area contributed by atoms with Crippen molar-refractivity contribution in [3.05, 3.63) is 53.1 Å². The molecule has 0 N–H and O–H groups in total. The number of aldehydes is 1. The third-order valence-corrected chi connectivity index (χ3v) is 6.01. The maximum Gasteiger partial charge on any atom is 0.338 e. The molecule has 13 nitrogen and oxygen atoms in total. The zero-order chi connectivity index (χ0) is 30.8. The fourth-order valence-electron chi connectivity index (χ4n) is 4.29. The highest BCUT2D eigenvalue weighted by atomic mass is 16.7. The summed E-state index contributed by atoms with van der Waals surface area (Å²) in [5.74, 6) is -3.83. The van der Waals surface area contributed by atoms with Crippen LogP contribution in [0.2, 0.25) is 0 Å². The topological polar surface area (TPSA) is 167 Å². The van der Waals surface area contributed by atoms with Gasteiger partial charge in [-0.25, -0.2) is 4.79 Å². The number of hydrogen-bond donors (Lipinski definition) is 0. The van der Waals surface area contributed by atoms with E-state index >= 15 is 0 Å². The van der Waals surface area contributed by atoms with Gasteiger partial charge in [0.05, 0.1) is 11.1 Å². The van der Waals surface area contributed by atoms with Crippen molar-refractivity contribution >= 4 is 36.1 Å². The van der Waals surface area contributed by atoms with Gasteiger partial charge in [0, 0.05) is 27.7 Å². The van der Waals surface area contributed by atoms with E-state index in [-0.39, 0.29) is 23.5 Å². The summed E-state index contributed by atoms with van der Waals surface area (Å²) in [6, 6.07) is 3.93. The van der Waals surface area contributed by atoms with E-state index in [2.05, 4.69) is 0 Å². The molecule has 1 unspecified atom stereocenters. The van der Waals surface area contributed by atoms with E-state index < -0.39 is 67.2 Å². The summed E-state index contributed by atoms with van der Waals surface area (Å²) in [6.45, 7) is 4.04. The van der Waals surface area contributed by atoms with Crippen LogP contribution in [0.15, 0.2) is 42.0 Å². The minimum absolute atomic E-state index is 0.0642. The summed E-state index contributed by atoms with van der Waals surface area (Å²) in [5.41, 5.74) is 0.856. The summed E-state index contributed by atoms with van der Waals surface area (Å²) in [6.07, 6.45) is 0.918. The molecule has 42 heavy (non-hydrogen) atoms. The number of carbonyl (C=O) groups excluding carboxylic acids is 6. The monoisotopic (exact) mass is 588 g/mol. The molecule has 3 rings (SSSR count). The molecule has 0 amide bonds. The molecule has 1 heterocycles. The first-order valence-electron chi connectivity index (χ1n) is 13.1. The Morgan fingerprint density at radius 2 is 1.52 bits per heavy atom. The molecule has 13 heteroatoms. The Balaban J connectivity index is 1.91. The highest BCUT2D eigenvalue weighted by Gasteiger charge is 2.53. The van der Waals surface area contributed by atoms with E-state index in [1.165, 1.54) is 18.2 Å². The molecular formula is C29H32O13. The minimum atomic E-state index is -1.55. The summed E-state index contributed by atoms with van der Waals surface area (Å²) in [7, 11) is 0. The normalized spacial score (nSPS) is 23.0. The standard InChI is InChI=1S/C29H32O13/c1-16(31)36-15-24-25(38-17(2)32)26(39-18(3)33)27(40-19(4)34)29(42-24)41-23-11-10-21(12-22(23)13-30)28(35)37-14-20-8-6-5-7-9-20/h6,8-13,24-27,29H,5,7,14-15H2,1-4H3/t24-,25+,26+,27-,29?/m1/s1. The molecule has 2 aliphatic rings. The van der Waals surface area contributed by atoms with E-state index in [0.29, 0.717) is 6.29 Å². The van der Waals surface area contributed by atoms with Crippen molar-refractivity contribution in [3.63, 3.8) is 0 Å². The largest absolute Gasteiger partial charge is 0.463 e. The van der Waals surface area contributed by atoms with Crippen LogP contribution in [0.3, 0.4) is 0 Å². The zero-order valence-corrected chi connectivity index (χ0v) is 23.6. The lowest BCUT2D eigenvalue weighted by Crippen LogP contribution is -2.63. The van der Waals surface area contributed by atoms with Crippen LogP contribution < -0.4 is 4.74 Å². The quantitative estimate of drug-likeness (QED) is 0.210. The predicted molar refractivity (Wildman–Crippen MR) is 141 cm³/mol. The van der Waals surface area contributed by atoms with Crippen molar-refractivity contribution in [3.8, 4) is 5.75 Å². The van der Waals surface area contributed by atoms with Crippen molar-refractivity contribution in [1.29, 1.82) is 0 Å². The second-order valence-corrected chi connectivity index (χ2v) is 9.39. The molecule has 1 fully saturated rings. The number of benzene rings is 1. The van der Waals surface area contributed by atoms with E-state index in [9.17, 15) is 28.8 Å². The van der Waals surface area contributed by atoms with Gasteiger partial charge in [-0.05, 0) is 36.6 Å². The summed E-state index contributed by atoms with van der Waals surface area (Å²) in [4.78, 5) is 72.0. The molecule has 0 spiro atoms. The SMILES string of the molecule is CC(=O)OC[C@H]1OC(Oc2ccc(C(=O)OCC3=CCCC=C3)cc2C=O)[C@H](OC(C)=O)[C@@H](OC(C)=O)[C@H]1OC(C)=O. The Hall–Kier alpha value is -4.52. The van der Waals surface area contributed by atoms with Crippen LogP contribution in [0.4, 0.5) is 0 Å². The summed E-state index contributed by atoms with van der Waals surface area (Å²) >= 11 is 0. The smallest absolute Gasteiger partial charge is 0.338 e. The van der Waals surface area contributed by atoms with Crippen LogP contribution in [0.1, 0.15) is 61.3 Å². The highest BCUT2D eigenvalue weighted by Crippen LogP contribution is 2.32. The number of carbonyl (C=O) groups is 6. The molecule has 1 saturated heterocycles.